The average Bonchev–Trinajstić information content (AvgIpc) is 3.31. The lowest BCUT2D eigenvalue weighted by Gasteiger charge is -2.32. The number of fused-ring (bicyclic) bond motifs is 3. The molecule has 2 aliphatic rings. The van der Waals surface area contributed by atoms with E-state index >= 15 is 0 Å². The molecule has 5 rings (SSSR count). The maximum absolute atomic E-state index is 12.8. The number of nitrogens with one attached hydrogen (secondary N) is 3. The molecule has 1 saturated carbocycles. The molecule has 1 aliphatic heterocycles. The summed E-state index contributed by atoms with van der Waals surface area (Å²) >= 11 is 0. The van der Waals surface area contributed by atoms with E-state index in [0.717, 1.165) is 62.8 Å². The van der Waals surface area contributed by atoms with Crippen molar-refractivity contribution in [2.24, 2.45) is 5.92 Å². The van der Waals surface area contributed by atoms with E-state index in [4.69, 9.17) is 5.41 Å². The van der Waals surface area contributed by atoms with Gasteiger partial charge >= 0.3 is 5.69 Å². The number of H-pyrrole nitrogens is 2. The minimum atomic E-state index is -0.378. The van der Waals surface area contributed by atoms with Gasteiger partial charge in [0.05, 0.1) is 10.9 Å². The minimum Gasteiger partial charge on any atom is -0.346 e. The predicted octanol–water partition coefficient (Wildman–Crippen LogP) is 2.02. The molecule has 1 aliphatic carbocycles. The zero-order valence-electron chi connectivity index (χ0n) is 15.7. The zero-order chi connectivity index (χ0) is 19.3. The van der Waals surface area contributed by atoms with Crippen molar-refractivity contribution in [2.45, 2.75) is 38.1 Å². The van der Waals surface area contributed by atoms with Gasteiger partial charge in [0, 0.05) is 49.2 Å². The Morgan fingerprint density at radius 3 is 2.75 bits per heavy atom. The Labute approximate surface area is 161 Å². The van der Waals surface area contributed by atoms with Crippen LogP contribution in [0.5, 0.6) is 0 Å². The highest BCUT2D eigenvalue weighted by molar-refractivity contribution is 6.01. The molecule has 0 bridgehead atoms. The van der Waals surface area contributed by atoms with Gasteiger partial charge in [-0.15, -0.1) is 0 Å². The first-order valence-electron chi connectivity index (χ1n) is 9.99. The summed E-state index contributed by atoms with van der Waals surface area (Å²) in [4.78, 5) is 37.3. The standard InChI is InChI=1S/C20H24N6O2/c21-13-6-8-25(11-13)10-12-1-3-14(4-2-12)26-17-15-5-7-22-18(15)23-9-16(17)19(27)24-20(26)28/h5,7,9,12,14,21H,1-4,6,8,10-11H2,(H,22,23)(H,24,27,28). The molecule has 2 fully saturated rings. The van der Waals surface area contributed by atoms with Crippen molar-refractivity contribution in [3.63, 3.8) is 0 Å². The predicted molar refractivity (Wildman–Crippen MR) is 108 cm³/mol. The maximum Gasteiger partial charge on any atom is 0.329 e. The van der Waals surface area contributed by atoms with Crippen LogP contribution in [0.4, 0.5) is 0 Å². The number of pyridine rings is 1. The van der Waals surface area contributed by atoms with Gasteiger partial charge in [0.25, 0.3) is 5.56 Å². The molecule has 0 spiro atoms. The summed E-state index contributed by atoms with van der Waals surface area (Å²) in [5.74, 6) is 0.612. The molecule has 4 heterocycles. The van der Waals surface area contributed by atoms with E-state index in [1.807, 2.05) is 6.07 Å². The van der Waals surface area contributed by atoms with E-state index in [1.54, 1.807) is 17.0 Å². The third-order valence-electron chi connectivity index (χ3n) is 6.33. The quantitative estimate of drug-likeness (QED) is 0.645. The van der Waals surface area contributed by atoms with Crippen LogP contribution in [0.1, 0.15) is 38.1 Å². The van der Waals surface area contributed by atoms with Gasteiger partial charge in [0.15, 0.2) is 0 Å². The number of hydrogen-bond donors (Lipinski definition) is 3. The smallest absolute Gasteiger partial charge is 0.329 e. The topological polar surface area (TPSA) is 111 Å². The normalized spacial score (nSPS) is 23.8. The fourth-order valence-corrected chi connectivity index (χ4v) is 4.92. The molecule has 0 unspecified atom stereocenters. The van der Waals surface area contributed by atoms with Crippen molar-refractivity contribution < 1.29 is 0 Å². The second kappa shape index (κ2) is 6.70. The summed E-state index contributed by atoms with van der Waals surface area (Å²) in [6, 6.07) is 1.97. The van der Waals surface area contributed by atoms with E-state index in [-0.39, 0.29) is 17.3 Å². The molecule has 0 atom stereocenters. The zero-order valence-corrected chi connectivity index (χ0v) is 15.7. The summed E-state index contributed by atoms with van der Waals surface area (Å²) in [5, 5.41) is 9.07. The Morgan fingerprint density at radius 2 is 2.00 bits per heavy atom. The Bertz CT molecular complexity index is 1160. The summed E-state index contributed by atoms with van der Waals surface area (Å²) in [7, 11) is 0. The molecule has 0 aromatic carbocycles. The van der Waals surface area contributed by atoms with Crippen LogP contribution in [0.15, 0.2) is 28.0 Å². The molecule has 3 N–H and O–H groups in total. The molecule has 8 nitrogen and oxygen atoms in total. The molecular weight excluding hydrogens is 356 g/mol. The van der Waals surface area contributed by atoms with Crippen LogP contribution in [-0.4, -0.2) is 49.8 Å². The van der Waals surface area contributed by atoms with Crippen LogP contribution in [0.25, 0.3) is 21.9 Å². The Balaban J connectivity index is 1.45. The lowest BCUT2D eigenvalue weighted by molar-refractivity contribution is 0.207. The monoisotopic (exact) mass is 380 g/mol. The van der Waals surface area contributed by atoms with Crippen molar-refractivity contribution in [2.75, 3.05) is 19.6 Å². The first kappa shape index (κ1) is 17.4. The van der Waals surface area contributed by atoms with Gasteiger partial charge in [0.1, 0.15) is 5.65 Å². The fraction of sp³-hybridized carbons (Fsp3) is 0.500. The van der Waals surface area contributed by atoms with Crippen molar-refractivity contribution in [1.82, 2.24) is 24.4 Å². The molecule has 3 aromatic rings. The van der Waals surface area contributed by atoms with E-state index in [1.165, 1.54) is 0 Å². The SMILES string of the molecule is N=C1CCN(CC2CCC(n3c(=O)[nH]c(=O)c4cnc5[nH]ccc5c43)CC2)C1. The largest absolute Gasteiger partial charge is 0.346 e. The molecule has 1 saturated heterocycles. The number of nitrogens with zero attached hydrogens (tertiary/aromatic N) is 3. The van der Waals surface area contributed by atoms with Crippen LogP contribution >= 0.6 is 0 Å². The van der Waals surface area contributed by atoms with Gasteiger partial charge in [-0.3, -0.25) is 19.2 Å². The second-order valence-corrected chi connectivity index (χ2v) is 8.15. The van der Waals surface area contributed by atoms with Crippen molar-refractivity contribution in [3.8, 4) is 0 Å². The van der Waals surface area contributed by atoms with Gasteiger partial charge in [-0.2, -0.15) is 0 Å². The van der Waals surface area contributed by atoms with E-state index in [2.05, 4.69) is 19.9 Å². The lowest BCUT2D eigenvalue weighted by atomic mass is 9.85. The first-order chi connectivity index (χ1) is 13.6. The van der Waals surface area contributed by atoms with Crippen LogP contribution in [0.3, 0.4) is 0 Å². The van der Waals surface area contributed by atoms with Crippen LogP contribution in [-0.2, 0) is 0 Å². The van der Waals surface area contributed by atoms with Crippen LogP contribution < -0.4 is 11.2 Å². The number of hydrogen-bond acceptors (Lipinski definition) is 5. The first-order valence-corrected chi connectivity index (χ1v) is 9.99. The molecular formula is C20H24N6O2. The fourth-order valence-electron chi connectivity index (χ4n) is 4.92. The van der Waals surface area contributed by atoms with E-state index in [0.29, 0.717) is 22.5 Å². The van der Waals surface area contributed by atoms with E-state index < -0.39 is 0 Å². The average molecular weight is 380 g/mol. The van der Waals surface area contributed by atoms with Crippen molar-refractivity contribution in [3.05, 3.63) is 39.3 Å². The third kappa shape index (κ3) is 2.88. The molecule has 3 aromatic heterocycles. The second-order valence-electron chi connectivity index (χ2n) is 8.15. The number of rotatable bonds is 3. The Kier molecular flexibility index (Phi) is 4.16. The number of aromatic amines is 2. The highest BCUT2D eigenvalue weighted by Crippen LogP contribution is 2.34. The molecule has 8 heteroatoms. The molecule has 0 radical (unpaired) electrons. The van der Waals surface area contributed by atoms with Crippen molar-refractivity contribution in [1.29, 1.82) is 5.41 Å². The number of likely N-dealkylation sites (tertiary alicyclic amines) is 1. The third-order valence-corrected chi connectivity index (χ3v) is 6.33. The highest BCUT2D eigenvalue weighted by atomic mass is 16.2. The van der Waals surface area contributed by atoms with Gasteiger partial charge in [-0.25, -0.2) is 9.78 Å². The summed E-state index contributed by atoms with van der Waals surface area (Å²) < 4.78 is 1.79. The van der Waals surface area contributed by atoms with E-state index in [9.17, 15) is 9.59 Å². The summed E-state index contributed by atoms with van der Waals surface area (Å²) in [6.07, 6.45) is 8.20. The molecule has 28 heavy (non-hydrogen) atoms. The number of aromatic nitrogens is 4. The molecule has 146 valence electrons. The van der Waals surface area contributed by atoms with Crippen molar-refractivity contribution >= 4 is 27.6 Å². The van der Waals surface area contributed by atoms with Gasteiger partial charge in [-0.1, -0.05) is 0 Å². The Morgan fingerprint density at radius 1 is 1.18 bits per heavy atom. The lowest BCUT2D eigenvalue weighted by Crippen LogP contribution is -2.36. The highest BCUT2D eigenvalue weighted by Gasteiger charge is 2.28. The van der Waals surface area contributed by atoms with Gasteiger partial charge < -0.3 is 10.4 Å². The Hall–Kier alpha value is -2.74. The van der Waals surface area contributed by atoms with Gasteiger partial charge in [-0.05, 0) is 44.1 Å². The van der Waals surface area contributed by atoms with Gasteiger partial charge in [0.2, 0.25) is 0 Å². The van der Waals surface area contributed by atoms with Crippen LogP contribution in [0, 0.1) is 11.3 Å². The van der Waals surface area contributed by atoms with Crippen LogP contribution in [0.2, 0.25) is 0 Å². The minimum absolute atomic E-state index is 0.0838. The molecule has 0 amide bonds. The summed E-state index contributed by atoms with van der Waals surface area (Å²) in [5.41, 5.74) is 1.51. The summed E-state index contributed by atoms with van der Waals surface area (Å²) in [6.45, 7) is 2.85. The maximum atomic E-state index is 12.8.